The Hall–Kier alpha value is -3.92. The first-order valence-corrected chi connectivity index (χ1v) is 11.8. The van der Waals surface area contributed by atoms with Gasteiger partial charge in [0.15, 0.2) is 5.13 Å². The first kappa shape index (κ1) is 25.2. The van der Waals surface area contributed by atoms with Crippen LogP contribution in [0.25, 0.3) is 10.4 Å². The van der Waals surface area contributed by atoms with E-state index in [1.807, 2.05) is 68.4 Å². The van der Waals surface area contributed by atoms with Crippen molar-refractivity contribution in [1.82, 2.24) is 9.97 Å². The second-order valence-corrected chi connectivity index (χ2v) is 9.23. The minimum absolute atomic E-state index is 0.0420. The van der Waals surface area contributed by atoms with E-state index in [4.69, 9.17) is 4.74 Å². The van der Waals surface area contributed by atoms with Gasteiger partial charge < -0.3 is 15.2 Å². The molecule has 2 N–H and O–H groups in total. The normalized spacial score (nSPS) is 11.5. The number of aromatic nitrogens is 2. The molecule has 4 aromatic rings. The summed E-state index contributed by atoms with van der Waals surface area (Å²) in [5, 5.41) is 12.5. The van der Waals surface area contributed by atoms with Crippen LogP contribution in [0.4, 0.5) is 24.1 Å². The van der Waals surface area contributed by atoms with Crippen LogP contribution < -0.4 is 10.1 Å². The van der Waals surface area contributed by atoms with Crippen LogP contribution in [0.15, 0.2) is 66.9 Å². The third kappa shape index (κ3) is 5.83. The molecule has 0 saturated heterocycles. The van der Waals surface area contributed by atoms with Crippen molar-refractivity contribution in [2.75, 3.05) is 5.32 Å². The van der Waals surface area contributed by atoms with Gasteiger partial charge >= 0.3 is 12.1 Å². The summed E-state index contributed by atoms with van der Waals surface area (Å²) in [5.41, 5.74) is 0.981. The fourth-order valence-electron chi connectivity index (χ4n) is 3.41. The fraction of sp³-hybridized carbons (Fsp3) is 0.192. The van der Waals surface area contributed by atoms with Gasteiger partial charge in [-0.15, -0.1) is 0 Å². The van der Waals surface area contributed by atoms with E-state index in [1.54, 1.807) is 0 Å². The van der Waals surface area contributed by atoms with E-state index < -0.39 is 23.3 Å². The lowest BCUT2D eigenvalue weighted by Crippen LogP contribution is -2.11. The van der Waals surface area contributed by atoms with E-state index in [9.17, 15) is 23.1 Å². The number of anilines is 2. The maximum Gasteiger partial charge on any atom is 0.417 e. The maximum absolute atomic E-state index is 13.0. The molecular formula is C26H22F3N3O3S. The molecule has 0 aliphatic rings. The molecule has 0 unspecified atom stereocenters. The number of pyridine rings is 1. The molecule has 0 amide bonds. The highest BCUT2D eigenvalue weighted by atomic mass is 32.1. The van der Waals surface area contributed by atoms with Crippen molar-refractivity contribution in [2.24, 2.45) is 0 Å². The van der Waals surface area contributed by atoms with E-state index in [1.165, 1.54) is 11.3 Å². The minimum Gasteiger partial charge on any atom is -0.489 e. The van der Waals surface area contributed by atoms with Crippen LogP contribution in [0.2, 0.25) is 0 Å². The van der Waals surface area contributed by atoms with Crippen molar-refractivity contribution >= 4 is 28.3 Å². The van der Waals surface area contributed by atoms with Gasteiger partial charge in [0.05, 0.1) is 16.1 Å². The maximum atomic E-state index is 13.0. The second-order valence-electron chi connectivity index (χ2n) is 8.23. The molecule has 0 aliphatic heterocycles. The SMILES string of the molecule is CC(C)c1nc(Nc2ncc(C(F)(F)F)cc2C(=O)O)sc1-c1ccc(OCc2ccccc2)cc1. The third-order valence-corrected chi connectivity index (χ3v) is 6.27. The van der Waals surface area contributed by atoms with E-state index in [-0.39, 0.29) is 11.7 Å². The lowest BCUT2D eigenvalue weighted by atomic mass is 10.1. The fourth-order valence-corrected chi connectivity index (χ4v) is 4.54. The summed E-state index contributed by atoms with van der Waals surface area (Å²) >= 11 is 1.26. The molecule has 10 heteroatoms. The number of carbonyl (C=O) groups is 1. The summed E-state index contributed by atoms with van der Waals surface area (Å²) in [4.78, 5) is 20.7. The van der Waals surface area contributed by atoms with Crippen molar-refractivity contribution < 1.29 is 27.8 Å². The summed E-state index contributed by atoms with van der Waals surface area (Å²) in [5.74, 6) is -0.990. The molecule has 0 saturated carbocycles. The van der Waals surface area contributed by atoms with Crippen molar-refractivity contribution in [2.45, 2.75) is 32.5 Å². The Kier molecular flexibility index (Phi) is 7.25. The predicted molar refractivity (Wildman–Crippen MR) is 132 cm³/mol. The van der Waals surface area contributed by atoms with Crippen LogP contribution in [0.1, 0.15) is 46.9 Å². The molecule has 6 nitrogen and oxygen atoms in total. The number of carboxylic acids is 1. The number of aromatic carboxylic acids is 1. The molecule has 2 aromatic carbocycles. The smallest absolute Gasteiger partial charge is 0.417 e. The number of benzene rings is 2. The summed E-state index contributed by atoms with van der Waals surface area (Å²) < 4.78 is 44.9. The van der Waals surface area contributed by atoms with Crippen LogP contribution >= 0.6 is 11.3 Å². The number of nitrogens with one attached hydrogen (secondary N) is 1. The van der Waals surface area contributed by atoms with Gasteiger partial charge in [-0.25, -0.2) is 14.8 Å². The van der Waals surface area contributed by atoms with Crippen LogP contribution in [0, 0.1) is 0 Å². The van der Waals surface area contributed by atoms with Gasteiger partial charge in [0, 0.05) is 6.20 Å². The zero-order valence-electron chi connectivity index (χ0n) is 19.3. The Morgan fingerprint density at radius 2 is 1.81 bits per heavy atom. The Morgan fingerprint density at radius 1 is 1.11 bits per heavy atom. The summed E-state index contributed by atoms with van der Waals surface area (Å²) in [6.07, 6.45) is -4.10. The highest BCUT2D eigenvalue weighted by molar-refractivity contribution is 7.19. The summed E-state index contributed by atoms with van der Waals surface area (Å²) in [6, 6.07) is 17.9. The standard InChI is InChI=1S/C26H22F3N3O3S/c1-15(2)21-22(17-8-10-19(11-9-17)35-14-16-6-4-3-5-7-16)36-25(31-21)32-23-20(24(33)34)12-18(13-30-23)26(27,28)29/h3-13,15H,14H2,1-2H3,(H,33,34)(H,30,31,32). The van der Waals surface area contributed by atoms with Crippen molar-refractivity contribution in [3.63, 3.8) is 0 Å². The number of hydrogen-bond acceptors (Lipinski definition) is 6. The summed E-state index contributed by atoms with van der Waals surface area (Å²) in [7, 11) is 0. The first-order chi connectivity index (χ1) is 17.1. The van der Waals surface area contributed by atoms with Gasteiger partial charge in [0.2, 0.25) is 0 Å². The molecule has 0 aliphatic carbocycles. The van der Waals surface area contributed by atoms with E-state index in [2.05, 4.69) is 15.3 Å². The van der Waals surface area contributed by atoms with Gasteiger partial charge in [0.25, 0.3) is 0 Å². The zero-order chi connectivity index (χ0) is 25.9. The monoisotopic (exact) mass is 513 g/mol. The summed E-state index contributed by atoms with van der Waals surface area (Å²) in [6.45, 7) is 4.38. The number of carboxylic acid groups (broad SMARTS) is 1. The van der Waals surface area contributed by atoms with E-state index >= 15 is 0 Å². The number of rotatable bonds is 8. The predicted octanol–water partition coefficient (Wildman–Crippen LogP) is 7.37. The van der Waals surface area contributed by atoms with E-state index in [0.717, 1.165) is 21.7 Å². The molecule has 0 radical (unpaired) electrons. The first-order valence-electron chi connectivity index (χ1n) is 11.0. The average Bonchev–Trinajstić information content (AvgIpc) is 3.27. The van der Waals surface area contributed by atoms with Crippen LogP contribution in [-0.2, 0) is 12.8 Å². The molecule has 186 valence electrons. The number of nitrogens with zero attached hydrogens (tertiary/aromatic N) is 2. The quantitative estimate of drug-likeness (QED) is 0.256. The number of thiazole rings is 1. The minimum atomic E-state index is -4.70. The third-order valence-electron chi connectivity index (χ3n) is 5.24. The number of ether oxygens (including phenoxy) is 1. The Bertz CT molecular complexity index is 1350. The van der Waals surface area contributed by atoms with Crippen LogP contribution in [-0.4, -0.2) is 21.0 Å². The number of hydrogen-bond donors (Lipinski definition) is 2. The van der Waals surface area contributed by atoms with E-state index in [0.29, 0.717) is 29.8 Å². The highest BCUT2D eigenvalue weighted by Crippen LogP contribution is 2.39. The Morgan fingerprint density at radius 3 is 2.42 bits per heavy atom. The lowest BCUT2D eigenvalue weighted by Gasteiger charge is -2.10. The molecule has 36 heavy (non-hydrogen) atoms. The average molecular weight is 514 g/mol. The van der Waals surface area contributed by atoms with Gasteiger partial charge in [-0.05, 0) is 47.4 Å². The van der Waals surface area contributed by atoms with Gasteiger partial charge in [-0.2, -0.15) is 13.2 Å². The van der Waals surface area contributed by atoms with Gasteiger partial charge in [-0.1, -0.05) is 55.5 Å². The van der Waals surface area contributed by atoms with Crippen molar-refractivity contribution in [1.29, 1.82) is 0 Å². The van der Waals surface area contributed by atoms with Crippen molar-refractivity contribution in [3.05, 3.63) is 89.2 Å². The molecule has 4 rings (SSSR count). The van der Waals surface area contributed by atoms with Gasteiger partial charge in [-0.3, -0.25) is 0 Å². The second kappa shape index (κ2) is 10.4. The van der Waals surface area contributed by atoms with Crippen LogP contribution in [0.5, 0.6) is 5.75 Å². The molecule has 0 atom stereocenters. The van der Waals surface area contributed by atoms with Crippen LogP contribution in [0.3, 0.4) is 0 Å². The van der Waals surface area contributed by atoms with Crippen molar-refractivity contribution in [3.8, 4) is 16.2 Å². The molecule has 2 aromatic heterocycles. The molecular weight excluding hydrogens is 491 g/mol. The van der Waals surface area contributed by atoms with Gasteiger partial charge in [0.1, 0.15) is 23.7 Å². The zero-order valence-corrected chi connectivity index (χ0v) is 20.2. The molecule has 0 fully saturated rings. The topological polar surface area (TPSA) is 84.3 Å². The highest BCUT2D eigenvalue weighted by Gasteiger charge is 2.32. The largest absolute Gasteiger partial charge is 0.489 e. The number of alkyl halides is 3. The molecule has 0 spiro atoms. The molecule has 0 bridgehead atoms. The molecule has 2 heterocycles. The lowest BCUT2D eigenvalue weighted by molar-refractivity contribution is -0.137. The Labute approximate surface area is 209 Å². The number of halogens is 3. The Balaban J connectivity index is 1.58.